The molecule has 1 aliphatic heterocycles. The molecule has 0 aliphatic carbocycles. The van der Waals surface area contributed by atoms with Crippen molar-refractivity contribution in [2.45, 2.75) is 12.8 Å². The largest absolute Gasteiger partial charge is 0.465 e. The smallest absolute Gasteiger partial charge is 0.407 e. The van der Waals surface area contributed by atoms with Crippen molar-refractivity contribution >= 4 is 6.09 Å². The zero-order valence-electron chi connectivity index (χ0n) is 10.5. The molecule has 1 aliphatic rings. The van der Waals surface area contributed by atoms with Crippen LogP contribution in [0.3, 0.4) is 0 Å². The molecule has 1 saturated heterocycles. The van der Waals surface area contributed by atoms with Gasteiger partial charge in [0.2, 0.25) is 0 Å². The molecule has 2 rings (SSSR count). The molecule has 4 heteroatoms. The second-order valence-corrected chi connectivity index (χ2v) is 4.82. The van der Waals surface area contributed by atoms with Gasteiger partial charge in [0.1, 0.15) is 0 Å². The fourth-order valence-corrected chi connectivity index (χ4v) is 2.36. The molecule has 0 saturated carbocycles. The van der Waals surface area contributed by atoms with Crippen LogP contribution in [-0.2, 0) is 6.42 Å². The lowest BCUT2D eigenvalue weighted by Crippen LogP contribution is -2.36. The molecule has 0 spiro atoms. The Hall–Kier alpha value is -1.55. The molecule has 1 fully saturated rings. The molecule has 1 aromatic rings. The number of carbonyl (C=O) groups is 1. The van der Waals surface area contributed by atoms with Gasteiger partial charge in [-0.05, 0) is 37.4 Å². The van der Waals surface area contributed by atoms with Crippen molar-refractivity contribution in [3.63, 3.8) is 0 Å². The summed E-state index contributed by atoms with van der Waals surface area (Å²) in [4.78, 5) is 12.8. The molecule has 2 N–H and O–H groups in total. The molecule has 0 bridgehead atoms. The van der Waals surface area contributed by atoms with Crippen LogP contribution in [0.1, 0.15) is 12.0 Å². The van der Waals surface area contributed by atoms with Gasteiger partial charge in [-0.2, -0.15) is 0 Å². The highest BCUT2D eigenvalue weighted by Crippen LogP contribution is 2.11. The summed E-state index contributed by atoms with van der Waals surface area (Å²) in [6.45, 7) is 3.18. The van der Waals surface area contributed by atoms with E-state index in [9.17, 15) is 9.90 Å². The zero-order chi connectivity index (χ0) is 12.8. The van der Waals surface area contributed by atoms with E-state index in [2.05, 4.69) is 5.32 Å². The summed E-state index contributed by atoms with van der Waals surface area (Å²) in [6.07, 6.45) is 1.06. The predicted molar refractivity (Wildman–Crippen MR) is 70.7 cm³/mol. The van der Waals surface area contributed by atoms with Crippen LogP contribution in [0.2, 0.25) is 0 Å². The Balaban J connectivity index is 1.84. The van der Waals surface area contributed by atoms with Gasteiger partial charge in [-0.15, -0.1) is 0 Å². The van der Waals surface area contributed by atoms with Crippen molar-refractivity contribution in [2.24, 2.45) is 5.92 Å². The van der Waals surface area contributed by atoms with Gasteiger partial charge < -0.3 is 15.3 Å². The molecule has 4 nitrogen and oxygen atoms in total. The van der Waals surface area contributed by atoms with Crippen molar-refractivity contribution < 1.29 is 9.90 Å². The number of hydrogen-bond acceptors (Lipinski definition) is 2. The van der Waals surface area contributed by atoms with Crippen LogP contribution in [0.15, 0.2) is 30.3 Å². The van der Waals surface area contributed by atoms with Gasteiger partial charge in [-0.25, -0.2) is 4.79 Å². The molecule has 98 valence electrons. The van der Waals surface area contributed by atoms with Gasteiger partial charge in [0.15, 0.2) is 0 Å². The van der Waals surface area contributed by atoms with E-state index in [0.717, 1.165) is 25.9 Å². The van der Waals surface area contributed by atoms with E-state index in [1.165, 1.54) is 5.56 Å². The molecule has 1 atom stereocenters. The van der Waals surface area contributed by atoms with Crippen LogP contribution >= 0.6 is 0 Å². The van der Waals surface area contributed by atoms with Crippen molar-refractivity contribution in [3.8, 4) is 0 Å². The van der Waals surface area contributed by atoms with Gasteiger partial charge in [-0.3, -0.25) is 0 Å². The standard InChI is InChI=1S/C14H20N2O2/c17-14(18)16(11-13-6-8-15-10-13)9-7-12-4-2-1-3-5-12/h1-5,13,15H,6-11H2,(H,17,18). The first-order valence-electron chi connectivity index (χ1n) is 6.48. The van der Waals surface area contributed by atoms with Crippen molar-refractivity contribution in [1.82, 2.24) is 10.2 Å². The lowest BCUT2D eigenvalue weighted by molar-refractivity contribution is 0.138. The monoisotopic (exact) mass is 248 g/mol. The van der Waals surface area contributed by atoms with Crippen LogP contribution in [0.25, 0.3) is 0 Å². The van der Waals surface area contributed by atoms with Gasteiger partial charge in [0.25, 0.3) is 0 Å². The van der Waals surface area contributed by atoms with Crippen LogP contribution < -0.4 is 5.32 Å². The fourth-order valence-electron chi connectivity index (χ4n) is 2.36. The molecule has 1 unspecified atom stereocenters. The SMILES string of the molecule is O=C(O)N(CCc1ccccc1)CC1CCNC1. The molecule has 1 amide bonds. The van der Waals surface area contributed by atoms with E-state index < -0.39 is 6.09 Å². The minimum atomic E-state index is -0.808. The highest BCUT2D eigenvalue weighted by Gasteiger charge is 2.20. The van der Waals surface area contributed by atoms with Crippen LogP contribution in [0.5, 0.6) is 0 Å². The third-order valence-corrected chi connectivity index (χ3v) is 3.42. The fraction of sp³-hybridized carbons (Fsp3) is 0.500. The third kappa shape index (κ3) is 3.74. The topological polar surface area (TPSA) is 52.6 Å². The van der Waals surface area contributed by atoms with Gasteiger partial charge >= 0.3 is 6.09 Å². The summed E-state index contributed by atoms with van der Waals surface area (Å²) in [5.74, 6) is 0.469. The van der Waals surface area contributed by atoms with Gasteiger partial charge in [-0.1, -0.05) is 30.3 Å². The molecule has 0 aromatic heterocycles. The lowest BCUT2D eigenvalue weighted by atomic mass is 10.1. The summed E-state index contributed by atoms with van der Waals surface area (Å²) < 4.78 is 0. The summed E-state index contributed by atoms with van der Waals surface area (Å²) in [7, 11) is 0. The molecule has 1 heterocycles. The van der Waals surface area contributed by atoms with E-state index in [4.69, 9.17) is 0 Å². The van der Waals surface area contributed by atoms with Gasteiger partial charge in [0.05, 0.1) is 0 Å². The molecule has 1 aromatic carbocycles. The predicted octanol–water partition coefficient (Wildman–Crippen LogP) is 1.82. The minimum Gasteiger partial charge on any atom is -0.465 e. The summed E-state index contributed by atoms with van der Waals surface area (Å²) in [5.41, 5.74) is 1.19. The second-order valence-electron chi connectivity index (χ2n) is 4.82. The number of nitrogens with one attached hydrogen (secondary N) is 1. The van der Waals surface area contributed by atoms with Crippen molar-refractivity contribution in [2.75, 3.05) is 26.2 Å². The second kappa shape index (κ2) is 6.40. The first-order chi connectivity index (χ1) is 8.75. The van der Waals surface area contributed by atoms with Crippen LogP contribution in [-0.4, -0.2) is 42.3 Å². The summed E-state index contributed by atoms with van der Waals surface area (Å²) >= 11 is 0. The van der Waals surface area contributed by atoms with E-state index >= 15 is 0 Å². The highest BCUT2D eigenvalue weighted by molar-refractivity contribution is 5.65. The highest BCUT2D eigenvalue weighted by atomic mass is 16.4. The molecular weight excluding hydrogens is 228 g/mol. The van der Waals surface area contributed by atoms with Gasteiger partial charge in [0, 0.05) is 13.1 Å². The van der Waals surface area contributed by atoms with E-state index in [0.29, 0.717) is 19.0 Å². The van der Waals surface area contributed by atoms with E-state index in [1.54, 1.807) is 4.90 Å². The average Bonchev–Trinajstić information content (AvgIpc) is 2.88. The third-order valence-electron chi connectivity index (χ3n) is 3.42. The first-order valence-corrected chi connectivity index (χ1v) is 6.48. The Bertz CT molecular complexity index is 375. The normalized spacial score (nSPS) is 18.8. The van der Waals surface area contributed by atoms with E-state index in [-0.39, 0.29) is 0 Å². The molecular formula is C14H20N2O2. The number of hydrogen-bond donors (Lipinski definition) is 2. The maximum atomic E-state index is 11.2. The summed E-state index contributed by atoms with van der Waals surface area (Å²) in [6, 6.07) is 10.0. The summed E-state index contributed by atoms with van der Waals surface area (Å²) in [5, 5.41) is 12.5. The van der Waals surface area contributed by atoms with Crippen molar-refractivity contribution in [1.29, 1.82) is 0 Å². The van der Waals surface area contributed by atoms with E-state index in [1.807, 2.05) is 30.3 Å². The van der Waals surface area contributed by atoms with Crippen LogP contribution in [0.4, 0.5) is 4.79 Å². The number of nitrogens with zero attached hydrogens (tertiary/aromatic N) is 1. The minimum absolute atomic E-state index is 0.469. The maximum absolute atomic E-state index is 11.2. The Morgan fingerprint density at radius 2 is 2.17 bits per heavy atom. The Morgan fingerprint density at radius 3 is 2.78 bits per heavy atom. The Labute approximate surface area is 108 Å². The zero-order valence-corrected chi connectivity index (χ0v) is 10.5. The van der Waals surface area contributed by atoms with Crippen molar-refractivity contribution in [3.05, 3.63) is 35.9 Å². The number of rotatable bonds is 5. The quantitative estimate of drug-likeness (QED) is 0.835. The Morgan fingerprint density at radius 1 is 1.39 bits per heavy atom. The number of amides is 1. The number of carboxylic acid groups (broad SMARTS) is 1. The maximum Gasteiger partial charge on any atom is 0.407 e. The number of benzene rings is 1. The molecule has 18 heavy (non-hydrogen) atoms. The molecule has 0 radical (unpaired) electrons. The van der Waals surface area contributed by atoms with Crippen LogP contribution in [0, 0.1) is 5.92 Å². The first kappa shape index (κ1) is 12.9. The lowest BCUT2D eigenvalue weighted by Gasteiger charge is -2.22. The Kier molecular flexibility index (Phi) is 4.59. The average molecular weight is 248 g/mol.